The van der Waals surface area contributed by atoms with Gasteiger partial charge in [0, 0.05) is 0 Å². The molecule has 1 rings (SSSR count). The van der Waals surface area contributed by atoms with Crippen molar-refractivity contribution in [3.05, 3.63) is 35.1 Å². The van der Waals surface area contributed by atoms with Crippen molar-refractivity contribution in [1.82, 2.24) is 0 Å². The molecular weight excluding hydrogens is 208 g/mol. The number of rotatable bonds is 0. The summed E-state index contributed by atoms with van der Waals surface area (Å²) in [5, 5.41) is 0. The Labute approximate surface area is 85.9 Å². The van der Waals surface area contributed by atoms with Gasteiger partial charge >= 0.3 is 6.18 Å². The lowest BCUT2D eigenvalue weighted by Gasteiger charge is -2.24. The van der Waals surface area contributed by atoms with Gasteiger partial charge in [0.05, 0.1) is 5.56 Å². The summed E-state index contributed by atoms with van der Waals surface area (Å²) >= 11 is 0. The molecule has 0 fully saturated rings. The van der Waals surface area contributed by atoms with Crippen LogP contribution in [-0.4, -0.2) is 0 Å². The Morgan fingerprint density at radius 2 is 1.53 bits per heavy atom. The van der Waals surface area contributed by atoms with Crippen LogP contribution in [0.4, 0.5) is 17.6 Å². The maximum absolute atomic E-state index is 13.2. The minimum absolute atomic E-state index is 0.0185. The van der Waals surface area contributed by atoms with Crippen LogP contribution in [0.15, 0.2) is 18.2 Å². The maximum atomic E-state index is 13.2. The molecular formula is C11H12F4. The Hall–Kier alpha value is -1.06. The molecule has 15 heavy (non-hydrogen) atoms. The van der Waals surface area contributed by atoms with Crippen LogP contribution in [0.2, 0.25) is 0 Å². The highest BCUT2D eigenvalue weighted by Gasteiger charge is 2.39. The Morgan fingerprint density at radius 1 is 1.00 bits per heavy atom. The van der Waals surface area contributed by atoms with Crippen LogP contribution in [0.3, 0.4) is 0 Å². The highest BCUT2D eigenvalue weighted by atomic mass is 19.4. The van der Waals surface area contributed by atoms with Gasteiger partial charge in [-0.3, -0.25) is 0 Å². The highest BCUT2D eigenvalue weighted by Crippen LogP contribution is 2.38. The summed E-state index contributed by atoms with van der Waals surface area (Å²) < 4.78 is 51.0. The molecule has 0 atom stereocenters. The summed E-state index contributed by atoms with van der Waals surface area (Å²) in [5.41, 5.74) is -1.90. The molecule has 0 bridgehead atoms. The molecule has 0 heterocycles. The van der Waals surface area contributed by atoms with Gasteiger partial charge in [-0.05, 0) is 17.0 Å². The largest absolute Gasteiger partial charge is 0.419 e. The second-order valence-corrected chi connectivity index (χ2v) is 4.41. The van der Waals surface area contributed by atoms with Gasteiger partial charge < -0.3 is 0 Å². The van der Waals surface area contributed by atoms with E-state index in [0.29, 0.717) is 0 Å². The Balaban J connectivity index is 3.48. The van der Waals surface area contributed by atoms with Crippen molar-refractivity contribution in [2.45, 2.75) is 32.4 Å². The lowest BCUT2D eigenvalue weighted by molar-refractivity contribution is -0.141. The molecule has 84 valence electrons. The van der Waals surface area contributed by atoms with E-state index in [1.54, 1.807) is 20.8 Å². The van der Waals surface area contributed by atoms with Gasteiger partial charge in [-0.2, -0.15) is 13.2 Å². The molecule has 0 unspecified atom stereocenters. The molecule has 0 aliphatic rings. The van der Waals surface area contributed by atoms with Crippen molar-refractivity contribution in [2.24, 2.45) is 0 Å². The molecule has 0 nitrogen and oxygen atoms in total. The minimum Gasteiger partial charge on any atom is -0.206 e. The van der Waals surface area contributed by atoms with E-state index in [-0.39, 0.29) is 5.56 Å². The normalized spacial score (nSPS) is 13.0. The zero-order valence-electron chi connectivity index (χ0n) is 8.74. The van der Waals surface area contributed by atoms with Crippen molar-refractivity contribution < 1.29 is 17.6 Å². The summed E-state index contributed by atoms with van der Waals surface area (Å²) in [4.78, 5) is 0. The third-order valence-corrected chi connectivity index (χ3v) is 2.11. The number of halogens is 4. The summed E-state index contributed by atoms with van der Waals surface area (Å²) in [6, 6.07) is 3.44. The van der Waals surface area contributed by atoms with E-state index in [0.717, 1.165) is 6.07 Å². The van der Waals surface area contributed by atoms with Gasteiger partial charge in [0.1, 0.15) is 5.82 Å². The smallest absolute Gasteiger partial charge is 0.206 e. The third kappa shape index (κ3) is 2.49. The lowest BCUT2D eigenvalue weighted by Crippen LogP contribution is -2.21. The Kier molecular flexibility index (Phi) is 2.81. The van der Waals surface area contributed by atoms with Crippen LogP contribution < -0.4 is 0 Å². The molecule has 0 aliphatic carbocycles. The zero-order valence-corrected chi connectivity index (χ0v) is 8.74. The molecule has 0 amide bonds. The predicted octanol–water partition coefficient (Wildman–Crippen LogP) is 4.14. The number of benzene rings is 1. The van der Waals surface area contributed by atoms with Gasteiger partial charge in [-0.1, -0.05) is 32.9 Å². The first-order chi connectivity index (χ1) is 6.64. The van der Waals surface area contributed by atoms with Gasteiger partial charge in [0.15, 0.2) is 0 Å². The maximum Gasteiger partial charge on any atom is 0.419 e. The van der Waals surface area contributed by atoms with Crippen molar-refractivity contribution in [3.8, 4) is 0 Å². The third-order valence-electron chi connectivity index (χ3n) is 2.11. The van der Waals surface area contributed by atoms with Gasteiger partial charge in [-0.15, -0.1) is 0 Å². The summed E-state index contributed by atoms with van der Waals surface area (Å²) in [6.45, 7) is 4.87. The quantitative estimate of drug-likeness (QED) is 0.576. The van der Waals surface area contributed by atoms with Crippen molar-refractivity contribution in [1.29, 1.82) is 0 Å². The van der Waals surface area contributed by atoms with Crippen LogP contribution in [0, 0.1) is 5.82 Å². The van der Waals surface area contributed by atoms with Crippen molar-refractivity contribution >= 4 is 0 Å². The van der Waals surface area contributed by atoms with Crippen LogP contribution in [0.25, 0.3) is 0 Å². The average molecular weight is 220 g/mol. The van der Waals surface area contributed by atoms with E-state index in [9.17, 15) is 17.6 Å². The number of alkyl halides is 3. The topological polar surface area (TPSA) is 0 Å². The predicted molar refractivity (Wildman–Crippen MR) is 50.1 cm³/mol. The standard InChI is InChI=1S/C11H12F4/c1-10(2,3)7-5-4-6-8(12)9(7)11(13,14)15/h4-6H,1-3H3. The monoisotopic (exact) mass is 220 g/mol. The van der Waals surface area contributed by atoms with E-state index >= 15 is 0 Å². The average Bonchev–Trinajstić information content (AvgIpc) is 1.99. The van der Waals surface area contributed by atoms with Crippen molar-refractivity contribution in [2.75, 3.05) is 0 Å². The Bertz CT molecular complexity index is 358. The summed E-state index contributed by atoms with van der Waals surface area (Å²) in [5.74, 6) is -1.21. The molecule has 0 radical (unpaired) electrons. The van der Waals surface area contributed by atoms with E-state index in [1.807, 2.05) is 0 Å². The molecule has 0 N–H and O–H groups in total. The van der Waals surface area contributed by atoms with Gasteiger partial charge in [-0.25, -0.2) is 4.39 Å². The van der Waals surface area contributed by atoms with E-state index in [2.05, 4.69) is 0 Å². The first-order valence-corrected chi connectivity index (χ1v) is 4.50. The SMILES string of the molecule is CC(C)(C)c1cccc(F)c1C(F)(F)F. The minimum atomic E-state index is -4.64. The Morgan fingerprint density at radius 3 is 1.87 bits per heavy atom. The first-order valence-electron chi connectivity index (χ1n) is 4.50. The number of hydrogen-bond donors (Lipinski definition) is 0. The van der Waals surface area contributed by atoms with Crippen molar-refractivity contribution in [3.63, 3.8) is 0 Å². The van der Waals surface area contributed by atoms with Gasteiger partial charge in [0.25, 0.3) is 0 Å². The number of hydrogen-bond acceptors (Lipinski definition) is 0. The molecule has 0 aromatic heterocycles. The van der Waals surface area contributed by atoms with Crippen LogP contribution in [0.1, 0.15) is 31.9 Å². The second kappa shape index (κ2) is 3.51. The van der Waals surface area contributed by atoms with Crippen LogP contribution >= 0.6 is 0 Å². The fourth-order valence-electron chi connectivity index (χ4n) is 1.44. The molecule has 1 aromatic carbocycles. The summed E-state index contributed by atoms with van der Waals surface area (Å²) in [6.07, 6.45) is -4.64. The second-order valence-electron chi connectivity index (χ2n) is 4.41. The molecule has 0 spiro atoms. The molecule has 0 aliphatic heterocycles. The highest BCUT2D eigenvalue weighted by molar-refractivity contribution is 5.36. The fraction of sp³-hybridized carbons (Fsp3) is 0.455. The molecule has 0 saturated carbocycles. The van der Waals surface area contributed by atoms with Crippen LogP contribution in [-0.2, 0) is 11.6 Å². The van der Waals surface area contributed by atoms with Gasteiger partial charge in [0.2, 0.25) is 0 Å². The molecule has 1 aromatic rings. The zero-order chi connectivity index (χ0) is 11.9. The fourth-order valence-corrected chi connectivity index (χ4v) is 1.44. The van der Waals surface area contributed by atoms with E-state index in [4.69, 9.17) is 0 Å². The lowest BCUT2D eigenvalue weighted by atomic mass is 9.83. The molecule has 4 heteroatoms. The van der Waals surface area contributed by atoms with E-state index < -0.39 is 23.0 Å². The first kappa shape index (κ1) is 12.0. The van der Waals surface area contributed by atoms with Crippen LogP contribution in [0.5, 0.6) is 0 Å². The van der Waals surface area contributed by atoms with E-state index in [1.165, 1.54) is 12.1 Å². The molecule has 0 saturated heterocycles. The summed E-state index contributed by atoms with van der Waals surface area (Å²) in [7, 11) is 0.